The van der Waals surface area contributed by atoms with Crippen molar-refractivity contribution in [2.24, 2.45) is 11.5 Å². The van der Waals surface area contributed by atoms with Gasteiger partial charge in [-0.3, -0.25) is 4.79 Å². The second kappa shape index (κ2) is 4.24. The number of hydrogen-bond donors (Lipinski definition) is 3. The maximum Gasteiger partial charge on any atom is 0.320 e. The predicted molar refractivity (Wildman–Crippen MR) is 38.5 cm³/mol. The first-order valence-corrected chi connectivity index (χ1v) is 3.28. The third kappa shape index (κ3) is 4.29. The Kier molecular flexibility index (Phi) is 3.99. The normalized spacial score (nSPS) is 16.3. The molecular weight excluding hydrogens is 132 g/mol. The Labute approximate surface area is 60.2 Å². The van der Waals surface area contributed by atoms with Gasteiger partial charge in [-0.2, -0.15) is 0 Å². The zero-order valence-electron chi connectivity index (χ0n) is 6.08. The fourth-order valence-corrected chi connectivity index (χ4v) is 0.566. The number of carboxylic acid groups (broad SMARTS) is 1. The van der Waals surface area contributed by atoms with Crippen molar-refractivity contribution in [3.63, 3.8) is 0 Å². The number of rotatable bonds is 4. The molecule has 0 heterocycles. The second-order valence-corrected chi connectivity index (χ2v) is 2.50. The van der Waals surface area contributed by atoms with Crippen LogP contribution in [0.5, 0.6) is 0 Å². The molecule has 0 saturated carbocycles. The van der Waals surface area contributed by atoms with Crippen LogP contribution in [0.25, 0.3) is 0 Å². The van der Waals surface area contributed by atoms with Crippen LogP contribution in [0.15, 0.2) is 0 Å². The first kappa shape index (κ1) is 9.39. The summed E-state index contributed by atoms with van der Waals surface area (Å²) in [6, 6.07) is -0.726. The summed E-state index contributed by atoms with van der Waals surface area (Å²) in [6.45, 7) is 1.83. The molecule has 60 valence electrons. The van der Waals surface area contributed by atoms with Crippen LogP contribution in [0.1, 0.15) is 19.8 Å². The maximum absolute atomic E-state index is 10.1. The molecule has 0 spiro atoms. The smallest absolute Gasteiger partial charge is 0.320 e. The van der Waals surface area contributed by atoms with Gasteiger partial charge in [-0.25, -0.2) is 0 Å². The fourth-order valence-electron chi connectivity index (χ4n) is 0.566. The molecule has 0 saturated heterocycles. The van der Waals surface area contributed by atoms with Gasteiger partial charge in [0, 0.05) is 6.04 Å². The minimum atomic E-state index is -0.958. The lowest BCUT2D eigenvalue weighted by atomic mass is 10.1. The van der Waals surface area contributed by atoms with Gasteiger partial charge in [-0.1, -0.05) is 0 Å². The Morgan fingerprint density at radius 2 is 2.00 bits per heavy atom. The minimum absolute atomic E-state index is 0.0328. The number of carbonyl (C=O) groups is 1. The van der Waals surface area contributed by atoms with Crippen LogP contribution in [0.3, 0.4) is 0 Å². The summed E-state index contributed by atoms with van der Waals surface area (Å²) in [4.78, 5) is 10.1. The van der Waals surface area contributed by atoms with Crippen molar-refractivity contribution < 1.29 is 9.90 Å². The molecule has 4 heteroatoms. The summed E-state index contributed by atoms with van der Waals surface area (Å²) in [6.07, 6.45) is 1.11. The van der Waals surface area contributed by atoms with Gasteiger partial charge in [0.25, 0.3) is 0 Å². The van der Waals surface area contributed by atoms with Crippen molar-refractivity contribution >= 4 is 5.97 Å². The Morgan fingerprint density at radius 3 is 2.30 bits per heavy atom. The Hall–Kier alpha value is -0.610. The Bertz CT molecular complexity index is 114. The summed E-state index contributed by atoms with van der Waals surface area (Å²) in [5, 5.41) is 8.33. The Morgan fingerprint density at radius 1 is 1.50 bits per heavy atom. The number of nitrogens with two attached hydrogens (primary N) is 2. The molecule has 0 amide bonds. The van der Waals surface area contributed by atoms with Crippen molar-refractivity contribution in [2.45, 2.75) is 31.8 Å². The third-order valence-corrected chi connectivity index (χ3v) is 1.25. The highest BCUT2D eigenvalue weighted by Gasteiger charge is 2.10. The SMILES string of the molecule is C[C@H](N)CC[C@@H](N)C(=O)O. The van der Waals surface area contributed by atoms with Gasteiger partial charge in [0.2, 0.25) is 0 Å². The molecule has 0 aromatic rings. The van der Waals surface area contributed by atoms with Gasteiger partial charge in [0.05, 0.1) is 0 Å². The quantitative estimate of drug-likeness (QED) is 0.500. The van der Waals surface area contributed by atoms with Crippen molar-refractivity contribution in [1.29, 1.82) is 0 Å². The molecule has 10 heavy (non-hydrogen) atoms. The molecule has 0 aromatic carbocycles. The minimum Gasteiger partial charge on any atom is -0.480 e. The standard InChI is InChI=1S/C6H14N2O2/c1-4(7)2-3-5(8)6(9)10/h4-5H,2-3,7-8H2,1H3,(H,9,10)/t4-,5+/m0/s1. The van der Waals surface area contributed by atoms with Crippen LogP contribution in [-0.2, 0) is 4.79 Å². The van der Waals surface area contributed by atoms with Crippen LogP contribution < -0.4 is 11.5 Å². The Balaban J connectivity index is 3.40. The molecule has 0 fully saturated rings. The highest BCUT2D eigenvalue weighted by atomic mass is 16.4. The van der Waals surface area contributed by atoms with Gasteiger partial charge in [0.15, 0.2) is 0 Å². The van der Waals surface area contributed by atoms with Gasteiger partial charge in [-0.15, -0.1) is 0 Å². The van der Waals surface area contributed by atoms with Crippen molar-refractivity contribution in [3.8, 4) is 0 Å². The summed E-state index contributed by atoms with van der Waals surface area (Å²) in [7, 11) is 0. The van der Waals surface area contributed by atoms with Crippen molar-refractivity contribution in [1.82, 2.24) is 0 Å². The highest BCUT2D eigenvalue weighted by molar-refractivity contribution is 5.72. The molecule has 2 atom stereocenters. The van der Waals surface area contributed by atoms with E-state index in [9.17, 15) is 4.79 Å². The van der Waals surface area contributed by atoms with E-state index in [1.54, 1.807) is 0 Å². The number of hydrogen-bond acceptors (Lipinski definition) is 3. The lowest BCUT2D eigenvalue weighted by molar-refractivity contribution is -0.138. The lowest BCUT2D eigenvalue weighted by Crippen LogP contribution is -2.31. The average Bonchev–Trinajstić information content (AvgIpc) is 1.82. The van der Waals surface area contributed by atoms with E-state index in [1.165, 1.54) is 0 Å². The molecule has 0 rings (SSSR count). The van der Waals surface area contributed by atoms with Gasteiger partial charge in [-0.05, 0) is 19.8 Å². The van der Waals surface area contributed by atoms with Crippen LogP contribution in [-0.4, -0.2) is 23.2 Å². The van der Waals surface area contributed by atoms with E-state index < -0.39 is 12.0 Å². The third-order valence-electron chi connectivity index (χ3n) is 1.25. The fraction of sp³-hybridized carbons (Fsp3) is 0.833. The van der Waals surface area contributed by atoms with Crippen LogP contribution >= 0.6 is 0 Å². The van der Waals surface area contributed by atoms with Gasteiger partial charge in [0.1, 0.15) is 6.04 Å². The van der Waals surface area contributed by atoms with Crippen LogP contribution in [0, 0.1) is 0 Å². The van der Waals surface area contributed by atoms with Crippen LogP contribution in [0.2, 0.25) is 0 Å². The summed E-state index contributed by atoms with van der Waals surface area (Å²) in [5.74, 6) is -0.958. The van der Waals surface area contributed by atoms with Crippen LogP contribution in [0.4, 0.5) is 0 Å². The monoisotopic (exact) mass is 146 g/mol. The van der Waals surface area contributed by atoms with E-state index in [4.69, 9.17) is 16.6 Å². The van der Waals surface area contributed by atoms with E-state index in [0.29, 0.717) is 12.8 Å². The molecular formula is C6H14N2O2. The zero-order valence-corrected chi connectivity index (χ0v) is 6.08. The average molecular weight is 146 g/mol. The van der Waals surface area contributed by atoms with E-state index in [-0.39, 0.29) is 6.04 Å². The van der Waals surface area contributed by atoms with E-state index >= 15 is 0 Å². The van der Waals surface area contributed by atoms with E-state index in [1.807, 2.05) is 6.92 Å². The molecule has 0 aliphatic carbocycles. The number of aliphatic carboxylic acids is 1. The van der Waals surface area contributed by atoms with E-state index in [2.05, 4.69) is 0 Å². The molecule has 0 aliphatic heterocycles. The second-order valence-electron chi connectivity index (χ2n) is 2.50. The topological polar surface area (TPSA) is 89.3 Å². The maximum atomic E-state index is 10.1. The molecule has 0 radical (unpaired) electrons. The van der Waals surface area contributed by atoms with Gasteiger partial charge < -0.3 is 16.6 Å². The summed E-state index contributed by atoms with van der Waals surface area (Å²) < 4.78 is 0. The van der Waals surface area contributed by atoms with Crippen molar-refractivity contribution in [2.75, 3.05) is 0 Å². The molecule has 5 N–H and O–H groups in total. The first-order valence-electron chi connectivity index (χ1n) is 3.28. The number of carboxylic acids is 1. The van der Waals surface area contributed by atoms with Gasteiger partial charge >= 0.3 is 5.97 Å². The largest absolute Gasteiger partial charge is 0.480 e. The lowest BCUT2D eigenvalue weighted by Gasteiger charge is -2.07. The predicted octanol–water partition coefficient (Wildman–Crippen LogP) is -0.474. The summed E-state index contributed by atoms with van der Waals surface area (Å²) in [5.41, 5.74) is 10.6. The molecule has 0 aliphatic rings. The van der Waals surface area contributed by atoms with Crippen molar-refractivity contribution in [3.05, 3.63) is 0 Å². The molecule has 0 unspecified atom stereocenters. The zero-order chi connectivity index (χ0) is 8.15. The van der Waals surface area contributed by atoms with E-state index in [0.717, 1.165) is 0 Å². The highest BCUT2D eigenvalue weighted by Crippen LogP contribution is 1.96. The molecule has 4 nitrogen and oxygen atoms in total. The summed E-state index contributed by atoms with van der Waals surface area (Å²) >= 11 is 0. The first-order chi connectivity index (χ1) is 4.54. The molecule has 0 aromatic heterocycles. The molecule has 0 bridgehead atoms.